The molecule has 0 unspecified atom stereocenters. The number of nitrogens with zero attached hydrogens (tertiary/aromatic N) is 1. The van der Waals surface area contributed by atoms with Crippen LogP contribution in [0.15, 0.2) is 200 Å². The normalized spacial score (nSPS) is 13.0. The van der Waals surface area contributed by atoms with Gasteiger partial charge in [0.05, 0.1) is 16.4 Å². The van der Waals surface area contributed by atoms with Crippen LogP contribution in [0.1, 0.15) is 22.3 Å². The number of aromatic nitrogens is 1. The van der Waals surface area contributed by atoms with Gasteiger partial charge in [-0.05, 0) is 64.2 Å². The monoisotopic (exact) mass is 651 g/mol. The third kappa shape index (κ3) is 4.50. The molecule has 1 aliphatic rings. The average molecular weight is 652 g/mol. The van der Waals surface area contributed by atoms with Crippen molar-refractivity contribution in [3.05, 3.63) is 222 Å². The Morgan fingerprint density at radius 1 is 0.392 bits per heavy atom. The zero-order chi connectivity index (χ0) is 33.8. The molecule has 0 saturated heterocycles. The Balaban J connectivity index is 1.18. The van der Waals surface area contributed by atoms with Crippen LogP contribution < -0.4 is 4.74 Å². The van der Waals surface area contributed by atoms with E-state index in [9.17, 15) is 0 Å². The minimum absolute atomic E-state index is 0.561. The molecule has 0 N–H and O–H groups in total. The lowest BCUT2D eigenvalue weighted by atomic mass is 9.63. The second kappa shape index (κ2) is 11.8. The van der Waals surface area contributed by atoms with Gasteiger partial charge in [-0.2, -0.15) is 0 Å². The number of ether oxygens (including phenoxy) is 1. The summed E-state index contributed by atoms with van der Waals surface area (Å²) in [4.78, 5) is 0. The van der Waals surface area contributed by atoms with Crippen LogP contribution in [0.4, 0.5) is 0 Å². The number of para-hydroxylation sites is 3. The maximum absolute atomic E-state index is 6.98. The minimum atomic E-state index is -0.561. The molecular formula is C49H33NO. The van der Waals surface area contributed by atoms with E-state index >= 15 is 0 Å². The van der Waals surface area contributed by atoms with Crippen molar-refractivity contribution >= 4 is 21.8 Å². The zero-order valence-corrected chi connectivity index (χ0v) is 27.9. The molecule has 0 bridgehead atoms. The summed E-state index contributed by atoms with van der Waals surface area (Å²) in [6.45, 7) is 0. The Morgan fingerprint density at radius 3 is 1.71 bits per heavy atom. The van der Waals surface area contributed by atoms with E-state index in [-0.39, 0.29) is 0 Å². The van der Waals surface area contributed by atoms with Crippen molar-refractivity contribution in [3.8, 4) is 39.4 Å². The van der Waals surface area contributed by atoms with Crippen LogP contribution in [0.2, 0.25) is 0 Å². The highest BCUT2D eigenvalue weighted by Gasteiger charge is 2.45. The van der Waals surface area contributed by atoms with E-state index in [0.717, 1.165) is 39.4 Å². The third-order valence-electron chi connectivity index (χ3n) is 10.6. The van der Waals surface area contributed by atoms with Crippen molar-refractivity contribution in [3.63, 3.8) is 0 Å². The number of hydrogen-bond acceptors (Lipinski definition) is 1. The molecule has 0 aliphatic carbocycles. The number of rotatable bonds is 5. The predicted molar refractivity (Wildman–Crippen MR) is 210 cm³/mol. The van der Waals surface area contributed by atoms with Gasteiger partial charge in [-0.25, -0.2) is 0 Å². The summed E-state index contributed by atoms with van der Waals surface area (Å²) in [7, 11) is 0. The lowest BCUT2D eigenvalue weighted by Crippen LogP contribution is -2.34. The fourth-order valence-corrected chi connectivity index (χ4v) is 8.31. The van der Waals surface area contributed by atoms with E-state index < -0.39 is 5.41 Å². The fraction of sp³-hybridized carbons (Fsp3) is 0.0204. The molecule has 0 atom stereocenters. The van der Waals surface area contributed by atoms with Gasteiger partial charge in [0, 0.05) is 33.2 Å². The number of benzene rings is 8. The van der Waals surface area contributed by atoms with Gasteiger partial charge < -0.3 is 9.30 Å². The van der Waals surface area contributed by atoms with Gasteiger partial charge in [0.2, 0.25) is 0 Å². The van der Waals surface area contributed by atoms with Crippen LogP contribution in [0.3, 0.4) is 0 Å². The van der Waals surface area contributed by atoms with Crippen LogP contribution in [0, 0.1) is 0 Å². The van der Waals surface area contributed by atoms with Crippen LogP contribution in [-0.4, -0.2) is 4.57 Å². The molecule has 0 amide bonds. The molecule has 0 saturated carbocycles. The van der Waals surface area contributed by atoms with Crippen molar-refractivity contribution in [1.82, 2.24) is 4.57 Å². The smallest absolute Gasteiger partial charge is 0.140 e. The zero-order valence-electron chi connectivity index (χ0n) is 27.9. The highest BCUT2D eigenvalue weighted by atomic mass is 16.5. The molecule has 2 nitrogen and oxygen atoms in total. The lowest BCUT2D eigenvalue weighted by Gasteiger charge is -2.42. The first-order valence-corrected chi connectivity index (χ1v) is 17.5. The van der Waals surface area contributed by atoms with E-state index in [4.69, 9.17) is 4.74 Å². The Labute approximate surface area is 297 Å². The molecule has 8 aromatic carbocycles. The molecular weight excluding hydrogens is 619 g/mol. The summed E-state index contributed by atoms with van der Waals surface area (Å²) in [5, 5.41) is 2.43. The first-order chi connectivity index (χ1) is 25.3. The first kappa shape index (κ1) is 29.3. The van der Waals surface area contributed by atoms with Crippen LogP contribution in [0.5, 0.6) is 11.5 Å². The molecule has 1 aromatic heterocycles. The lowest BCUT2D eigenvalue weighted by molar-refractivity contribution is 0.436. The van der Waals surface area contributed by atoms with E-state index in [1.807, 2.05) is 0 Å². The maximum Gasteiger partial charge on any atom is 0.140 e. The van der Waals surface area contributed by atoms with Crippen LogP contribution in [-0.2, 0) is 5.41 Å². The summed E-state index contributed by atoms with van der Waals surface area (Å²) in [5.41, 5.74) is 12.3. The maximum atomic E-state index is 6.98. The SMILES string of the molecule is c1ccc(-c2ccc(-n3c4ccccc4c4cc(-c5cccc6c5Oc5ccccc5C6(c5ccccc5)c5ccccc5)ccc43)cc2)cc1. The molecule has 0 fully saturated rings. The van der Waals surface area contributed by atoms with Crippen LogP contribution >= 0.6 is 0 Å². The molecule has 240 valence electrons. The predicted octanol–water partition coefficient (Wildman–Crippen LogP) is 12.6. The average Bonchev–Trinajstić information content (AvgIpc) is 3.54. The third-order valence-corrected chi connectivity index (χ3v) is 10.6. The molecule has 0 radical (unpaired) electrons. The van der Waals surface area contributed by atoms with Gasteiger partial charge in [0.15, 0.2) is 0 Å². The topological polar surface area (TPSA) is 14.2 Å². The number of hydrogen-bond donors (Lipinski definition) is 0. The molecule has 0 spiro atoms. The summed E-state index contributed by atoms with van der Waals surface area (Å²) >= 11 is 0. The Morgan fingerprint density at radius 2 is 0.961 bits per heavy atom. The quantitative estimate of drug-likeness (QED) is 0.181. The van der Waals surface area contributed by atoms with Gasteiger partial charge in [-0.1, -0.05) is 164 Å². The number of fused-ring (bicyclic) bond motifs is 5. The second-order valence-corrected chi connectivity index (χ2v) is 13.3. The highest BCUT2D eigenvalue weighted by molar-refractivity contribution is 6.10. The van der Waals surface area contributed by atoms with E-state index in [1.54, 1.807) is 0 Å². The minimum Gasteiger partial charge on any atom is -0.456 e. The fourth-order valence-electron chi connectivity index (χ4n) is 8.31. The molecule has 9 aromatic rings. The Bertz CT molecular complexity index is 2650. The van der Waals surface area contributed by atoms with Gasteiger partial charge in [-0.3, -0.25) is 0 Å². The highest BCUT2D eigenvalue weighted by Crippen LogP contribution is 2.57. The van der Waals surface area contributed by atoms with Crippen molar-refractivity contribution in [1.29, 1.82) is 0 Å². The molecule has 2 heterocycles. The molecule has 2 heteroatoms. The second-order valence-electron chi connectivity index (χ2n) is 13.3. The molecule has 10 rings (SSSR count). The summed E-state index contributed by atoms with van der Waals surface area (Å²) in [5.74, 6) is 1.77. The summed E-state index contributed by atoms with van der Waals surface area (Å²) in [6, 6.07) is 71.9. The molecule has 1 aliphatic heterocycles. The van der Waals surface area contributed by atoms with Gasteiger partial charge in [-0.15, -0.1) is 0 Å². The van der Waals surface area contributed by atoms with Crippen molar-refractivity contribution < 1.29 is 4.74 Å². The van der Waals surface area contributed by atoms with Crippen molar-refractivity contribution in [2.45, 2.75) is 5.41 Å². The summed E-state index contributed by atoms with van der Waals surface area (Å²) in [6.07, 6.45) is 0. The summed E-state index contributed by atoms with van der Waals surface area (Å²) < 4.78 is 9.36. The Hall–Kier alpha value is -6.64. The first-order valence-electron chi connectivity index (χ1n) is 17.5. The van der Waals surface area contributed by atoms with E-state index in [1.165, 1.54) is 44.1 Å². The van der Waals surface area contributed by atoms with Crippen molar-refractivity contribution in [2.75, 3.05) is 0 Å². The standard InChI is InChI=1S/C49H33NO/c1-4-15-34(16-5-1)35-27-30-39(31-28-35)50-45-25-12-10-21-41(45)42-33-36(29-32-46(42)50)40-22-14-24-44-48(40)51-47-26-13-11-23-43(47)49(44,37-17-6-2-7-18-37)38-19-8-3-9-20-38/h1-33H. The van der Waals surface area contributed by atoms with Crippen molar-refractivity contribution in [2.24, 2.45) is 0 Å². The Kier molecular flexibility index (Phi) is 6.75. The largest absolute Gasteiger partial charge is 0.456 e. The van der Waals surface area contributed by atoms with E-state index in [0.29, 0.717) is 0 Å². The van der Waals surface area contributed by atoms with Gasteiger partial charge >= 0.3 is 0 Å². The van der Waals surface area contributed by atoms with Gasteiger partial charge in [0.1, 0.15) is 11.5 Å². The van der Waals surface area contributed by atoms with Gasteiger partial charge in [0.25, 0.3) is 0 Å². The van der Waals surface area contributed by atoms with Crippen LogP contribution in [0.25, 0.3) is 49.7 Å². The van der Waals surface area contributed by atoms with E-state index in [2.05, 4.69) is 205 Å². The molecule has 51 heavy (non-hydrogen) atoms.